The van der Waals surface area contributed by atoms with Gasteiger partial charge in [0.25, 0.3) is 0 Å². The van der Waals surface area contributed by atoms with Gasteiger partial charge in [-0.15, -0.1) is 24.0 Å². The van der Waals surface area contributed by atoms with Gasteiger partial charge >= 0.3 is 0 Å². The van der Waals surface area contributed by atoms with Crippen LogP contribution in [0.4, 0.5) is 0 Å². The number of guanidine groups is 1. The van der Waals surface area contributed by atoms with Crippen LogP contribution in [-0.2, 0) is 15.9 Å². The Hall–Kier alpha value is -1.45. The predicted octanol–water partition coefficient (Wildman–Crippen LogP) is 3.39. The Morgan fingerprint density at radius 1 is 1.00 bits per heavy atom. The summed E-state index contributed by atoms with van der Waals surface area (Å²) >= 11 is 0. The molecule has 1 aromatic heterocycles. The monoisotopic (exact) mass is 500 g/mol. The first-order chi connectivity index (χ1) is 13.3. The first kappa shape index (κ1) is 24.6. The molecular formula is C21H33IN4O2. The Bertz CT molecular complexity index is 692. The van der Waals surface area contributed by atoms with Crippen LogP contribution in [0.2, 0.25) is 0 Å². The van der Waals surface area contributed by atoms with Crippen LogP contribution >= 0.6 is 24.0 Å². The molecule has 28 heavy (non-hydrogen) atoms. The summed E-state index contributed by atoms with van der Waals surface area (Å²) in [5, 5.41) is 7.77. The summed E-state index contributed by atoms with van der Waals surface area (Å²) in [7, 11) is 1.78. The number of nitrogens with one attached hydrogen (secondary N) is 2. The number of hydrogen-bond donors (Lipinski definition) is 2. The highest BCUT2D eigenvalue weighted by Crippen LogP contribution is 2.15. The van der Waals surface area contributed by atoms with Crippen LogP contribution in [0, 0.1) is 0 Å². The van der Waals surface area contributed by atoms with Crippen LogP contribution in [0.25, 0.3) is 10.9 Å². The molecule has 0 aliphatic rings. The van der Waals surface area contributed by atoms with Gasteiger partial charge in [0.1, 0.15) is 0 Å². The van der Waals surface area contributed by atoms with Crippen molar-refractivity contribution in [1.29, 1.82) is 0 Å². The normalized spacial score (nSPS) is 11.3. The quantitative estimate of drug-likeness (QED) is 0.203. The van der Waals surface area contributed by atoms with Gasteiger partial charge < -0.3 is 20.1 Å². The number of benzene rings is 1. The van der Waals surface area contributed by atoms with E-state index in [0.29, 0.717) is 26.4 Å². The highest BCUT2D eigenvalue weighted by molar-refractivity contribution is 14.0. The van der Waals surface area contributed by atoms with Gasteiger partial charge in [0.15, 0.2) is 5.96 Å². The third-order valence-corrected chi connectivity index (χ3v) is 4.18. The van der Waals surface area contributed by atoms with Crippen molar-refractivity contribution < 1.29 is 9.47 Å². The number of aliphatic imine (C=N–C) groups is 1. The summed E-state index contributed by atoms with van der Waals surface area (Å²) in [6, 6.07) is 10.4. The van der Waals surface area contributed by atoms with E-state index in [2.05, 4.69) is 51.8 Å². The zero-order valence-corrected chi connectivity index (χ0v) is 19.3. The maximum Gasteiger partial charge on any atom is 0.191 e. The third-order valence-electron chi connectivity index (χ3n) is 4.18. The molecule has 6 nitrogen and oxygen atoms in total. The van der Waals surface area contributed by atoms with Crippen molar-refractivity contribution in [2.45, 2.75) is 26.2 Å². The molecule has 0 saturated carbocycles. The highest BCUT2D eigenvalue weighted by atomic mass is 127. The number of ether oxygens (including phenoxy) is 2. The van der Waals surface area contributed by atoms with Gasteiger partial charge in [-0.1, -0.05) is 37.6 Å². The highest BCUT2D eigenvalue weighted by Gasteiger charge is 2.02. The smallest absolute Gasteiger partial charge is 0.191 e. The van der Waals surface area contributed by atoms with Crippen molar-refractivity contribution in [3.63, 3.8) is 0 Å². The molecule has 0 aliphatic heterocycles. The van der Waals surface area contributed by atoms with Crippen LogP contribution in [0.15, 0.2) is 41.5 Å². The van der Waals surface area contributed by atoms with Crippen molar-refractivity contribution in [2.75, 3.05) is 46.6 Å². The first-order valence-corrected chi connectivity index (χ1v) is 9.77. The molecule has 0 bridgehead atoms. The lowest BCUT2D eigenvalue weighted by atomic mass is 10.1. The van der Waals surface area contributed by atoms with Gasteiger partial charge in [0.2, 0.25) is 0 Å². The zero-order chi connectivity index (χ0) is 19.2. The topological polar surface area (TPSA) is 67.8 Å². The second-order valence-electron chi connectivity index (χ2n) is 6.25. The van der Waals surface area contributed by atoms with Crippen LogP contribution in [0.1, 0.15) is 25.3 Å². The fourth-order valence-corrected chi connectivity index (χ4v) is 2.72. The molecule has 0 spiro atoms. The maximum absolute atomic E-state index is 5.55. The van der Waals surface area contributed by atoms with Crippen molar-refractivity contribution >= 4 is 40.8 Å². The zero-order valence-electron chi connectivity index (χ0n) is 16.9. The van der Waals surface area contributed by atoms with Crippen molar-refractivity contribution in [3.8, 4) is 0 Å². The number of para-hydroxylation sites is 1. The minimum Gasteiger partial charge on any atom is -0.379 e. The Morgan fingerprint density at radius 2 is 1.75 bits per heavy atom. The molecule has 0 atom stereocenters. The van der Waals surface area contributed by atoms with E-state index in [1.807, 2.05) is 12.3 Å². The van der Waals surface area contributed by atoms with Gasteiger partial charge in [-0.3, -0.25) is 9.98 Å². The molecule has 2 aromatic rings. The molecule has 0 saturated heterocycles. The SMILES string of the molecule is CCCCOCCOCCNC(=NC)NCCc1cccc2cccnc12.I. The second kappa shape index (κ2) is 15.5. The third kappa shape index (κ3) is 9.16. The molecule has 2 rings (SSSR count). The molecule has 0 radical (unpaired) electrons. The predicted molar refractivity (Wildman–Crippen MR) is 127 cm³/mol. The average Bonchev–Trinajstić information content (AvgIpc) is 2.71. The molecule has 2 N–H and O–H groups in total. The molecule has 156 valence electrons. The van der Waals surface area contributed by atoms with Crippen molar-refractivity contribution in [3.05, 3.63) is 42.1 Å². The number of halogens is 1. The molecule has 0 amide bonds. The number of unbranched alkanes of at least 4 members (excludes halogenated alkanes) is 1. The summed E-state index contributed by atoms with van der Waals surface area (Å²) in [5.41, 5.74) is 2.31. The number of nitrogens with zero attached hydrogens (tertiary/aromatic N) is 2. The molecule has 0 fully saturated rings. The van der Waals surface area contributed by atoms with E-state index in [9.17, 15) is 0 Å². The Labute approximate surface area is 185 Å². The molecule has 1 aromatic carbocycles. The van der Waals surface area contributed by atoms with Crippen molar-refractivity contribution in [2.24, 2.45) is 4.99 Å². The van der Waals surface area contributed by atoms with E-state index in [-0.39, 0.29) is 24.0 Å². The van der Waals surface area contributed by atoms with E-state index in [0.717, 1.165) is 43.9 Å². The van der Waals surface area contributed by atoms with Gasteiger partial charge in [-0.2, -0.15) is 0 Å². The lowest BCUT2D eigenvalue weighted by molar-refractivity contribution is 0.0487. The van der Waals surface area contributed by atoms with E-state index in [4.69, 9.17) is 9.47 Å². The molecule has 0 aliphatic carbocycles. The summed E-state index contributed by atoms with van der Waals surface area (Å²) in [5.74, 6) is 0.783. The maximum atomic E-state index is 5.55. The standard InChI is InChI=1S/C21H32N4O2.HI/c1-3-4-14-26-16-17-27-15-13-25-21(22-2)24-12-10-19-8-5-7-18-9-6-11-23-20(18)19;/h5-9,11H,3-4,10,12-17H2,1-2H3,(H2,22,24,25);1H. The number of rotatable bonds is 12. The van der Waals surface area contributed by atoms with Crippen LogP contribution < -0.4 is 10.6 Å². The summed E-state index contributed by atoms with van der Waals surface area (Å²) in [6.07, 6.45) is 5.00. The lowest BCUT2D eigenvalue weighted by Gasteiger charge is -2.12. The van der Waals surface area contributed by atoms with E-state index < -0.39 is 0 Å². The minimum atomic E-state index is 0. The summed E-state index contributed by atoms with van der Waals surface area (Å²) in [6.45, 7) is 6.40. The fraction of sp³-hybridized carbons (Fsp3) is 0.524. The van der Waals surface area contributed by atoms with Gasteiger partial charge in [0, 0.05) is 38.3 Å². The summed E-state index contributed by atoms with van der Waals surface area (Å²) in [4.78, 5) is 8.75. The van der Waals surface area contributed by atoms with Gasteiger partial charge in [-0.25, -0.2) is 0 Å². The molecule has 0 unspecified atom stereocenters. The van der Waals surface area contributed by atoms with Crippen LogP contribution in [0.5, 0.6) is 0 Å². The van der Waals surface area contributed by atoms with Crippen LogP contribution in [0.3, 0.4) is 0 Å². The van der Waals surface area contributed by atoms with Gasteiger partial charge in [0.05, 0.1) is 25.3 Å². The number of aromatic nitrogens is 1. The fourth-order valence-electron chi connectivity index (χ4n) is 2.72. The molecule has 1 heterocycles. The van der Waals surface area contributed by atoms with E-state index in [1.165, 1.54) is 10.9 Å². The van der Waals surface area contributed by atoms with Gasteiger partial charge in [-0.05, 0) is 24.5 Å². The second-order valence-corrected chi connectivity index (χ2v) is 6.25. The largest absolute Gasteiger partial charge is 0.379 e. The van der Waals surface area contributed by atoms with E-state index >= 15 is 0 Å². The van der Waals surface area contributed by atoms with E-state index in [1.54, 1.807) is 7.05 Å². The van der Waals surface area contributed by atoms with Crippen molar-refractivity contribution in [1.82, 2.24) is 15.6 Å². The number of pyridine rings is 1. The Balaban J connectivity index is 0.00000392. The first-order valence-electron chi connectivity index (χ1n) is 9.77. The number of fused-ring (bicyclic) bond motifs is 1. The summed E-state index contributed by atoms with van der Waals surface area (Å²) < 4.78 is 11.0. The lowest BCUT2D eigenvalue weighted by Crippen LogP contribution is -2.39. The Kier molecular flexibility index (Phi) is 13.6. The van der Waals surface area contributed by atoms with Crippen LogP contribution in [-0.4, -0.2) is 57.5 Å². The molecular weight excluding hydrogens is 467 g/mol. The minimum absolute atomic E-state index is 0. The average molecular weight is 500 g/mol. The molecule has 7 heteroatoms. The number of hydrogen-bond acceptors (Lipinski definition) is 4. The Morgan fingerprint density at radius 3 is 2.54 bits per heavy atom.